The van der Waals surface area contributed by atoms with Crippen molar-refractivity contribution in [2.45, 2.75) is 110 Å². The van der Waals surface area contributed by atoms with Crippen LogP contribution >= 0.6 is 0 Å². The first-order valence-electron chi connectivity index (χ1n) is 14.3. The van der Waals surface area contributed by atoms with Crippen LogP contribution in [0.1, 0.15) is 92.4 Å². The zero-order valence-electron chi connectivity index (χ0n) is 22.3. The van der Waals surface area contributed by atoms with Crippen LogP contribution in [0.4, 0.5) is 0 Å². The molecular weight excluding hydrogens is 442 g/mol. The van der Waals surface area contributed by atoms with Gasteiger partial charge in [-0.25, -0.2) is 0 Å². The molecule has 6 aliphatic rings. The molecule has 12 atom stereocenters. The van der Waals surface area contributed by atoms with Gasteiger partial charge in [0, 0.05) is 12.8 Å². The Morgan fingerprint density at radius 3 is 2.57 bits per heavy atom. The minimum atomic E-state index is -0.833. The minimum Gasteiger partial charge on any atom is -0.463 e. The van der Waals surface area contributed by atoms with Gasteiger partial charge in [-0.15, -0.1) is 0 Å². The topological polar surface area (TPSA) is 77.4 Å². The largest absolute Gasteiger partial charge is 0.463 e. The molecule has 35 heavy (non-hydrogen) atoms. The quantitative estimate of drug-likeness (QED) is 0.287. The molecule has 6 rings (SSSR count). The number of fused-ring (bicyclic) bond motifs is 7. The molecule has 6 heteroatoms. The predicted molar refractivity (Wildman–Crippen MR) is 132 cm³/mol. The van der Waals surface area contributed by atoms with Crippen LogP contribution in [0.3, 0.4) is 0 Å². The summed E-state index contributed by atoms with van der Waals surface area (Å²) in [7, 11) is 0. The van der Waals surface area contributed by atoms with Gasteiger partial charge in [-0.05, 0) is 104 Å². The lowest BCUT2D eigenvalue weighted by molar-refractivity contribution is -0.217. The van der Waals surface area contributed by atoms with Gasteiger partial charge >= 0.3 is 5.97 Å². The van der Waals surface area contributed by atoms with Crippen molar-refractivity contribution in [3.05, 3.63) is 0 Å². The summed E-state index contributed by atoms with van der Waals surface area (Å²) < 4.78 is 18.9. The first kappa shape index (κ1) is 24.2. The monoisotopic (exact) mass is 487 g/mol. The summed E-state index contributed by atoms with van der Waals surface area (Å²) in [5, 5.41) is 13.6. The van der Waals surface area contributed by atoms with Crippen LogP contribution in [0.2, 0.25) is 0 Å². The molecule has 2 heterocycles. The lowest BCUT2D eigenvalue weighted by Crippen LogP contribution is -2.56. The second-order valence-corrected chi connectivity index (χ2v) is 13.7. The molecule has 2 saturated heterocycles. The molecule has 1 N–H and O–H groups in total. The summed E-state index contributed by atoms with van der Waals surface area (Å²) in [6.07, 6.45) is 10.5. The van der Waals surface area contributed by atoms with Crippen molar-refractivity contribution in [1.82, 2.24) is 0 Å². The number of carbonyl (C=O) groups is 1. The second kappa shape index (κ2) is 8.18. The third-order valence-electron chi connectivity index (χ3n) is 12.1. The van der Waals surface area contributed by atoms with E-state index in [0.29, 0.717) is 41.4 Å². The average Bonchev–Trinajstić information content (AvgIpc) is 3.26. The number of ether oxygens (including phenoxy) is 3. The van der Waals surface area contributed by atoms with Crippen molar-refractivity contribution in [3.63, 3.8) is 0 Å². The van der Waals surface area contributed by atoms with E-state index in [4.69, 9.17) is 14.2 Å². The van der Waals surface area contributed by atoms with Crippen LogP contribution in [0.5, 0.6) is 0 Å². The number of hydrogen-bond acceptors (Lipinski definition) is 6. The Hall–Kier alpha value is -1.14. The van der Waals surface area contributed by atoms with Crippen molar-refractivity contribution in [2.24, 2.45) is 57.4 Å². The predicted octanol–water partition coefficient (Wildman–Crippen LogP) is 5.80. The number of nitrogens with zero attached hydrogens (tertiary/aromatic N) is 1. The molecular formula is C29H45NO5. The first-order valence-corrected chi connectivity index (χ1v) is 14.3. The van der Waals surface area contributed by atoms with Crippen molar-refractivity contribution in [2.75, 3.05) is 6.61 Å². The summed E-state index contributed by atoms with van der Waals surface area (Å²) >= 11 is 0. The molecule has 196 valence electrons. The maximum absolute atomic E-state index is 11.6. The summed E-state index contributed by atoms with van der Waals surface area (Å²) in [5.74, 6) is 2.93. The van der Waals surface area contributed by atoms with Gasteiger partial charge in [0.25, 0.3) is 0 Å². The van der Waals surface area contributed by atoms with Crippen molar-refractivity contribution in [1.29, 1.82) is 0 Å². The van der Waals surface area contributed by atoms with E-state index in [9.17, 15) is 10.0 Å². The Balaban J connectivity index is 1.23. The highest BCUT2D eigenvalue weighted by Crippen LogP contribution is 2.71. The molecule has 0 aromatic rings. The van der Waals surface area contributed by atoms with Crippen LogP contribution < -0.4 is 0 Å². The Morgan fingerprint density at radius 2 is 1.83 bits per heavy atom. The molecule has 0 amide bonds. The van der Waals surface area contributed by atoms with E-state index in [1.54, 1.807) is 6.92 Å². The molecule has 0 radical (unpaired) electrons. The van der Waals surface area contributed by atoms with Gasteiger partial charge in [0.15, 0.2) is 0 Å². The number of hydrogen-bond donors (Lipinski definition) is 1. The number of rotatable bonds is 1. The zero-order chi connectivity index (χ0) is 24.8. The summed E-state index contributed by atoms with van der Waals surface area (Å²) in [6.45, 7) is 11.8. The number of carbonyl (C=O) groups excluding carboxylic acids is 1. The molecule has 0 bridgehead atoms. The van der Waals surface area contributed by atoms with E-state index >= 15 is 0 Å². The van der Waals surface area contributed by atoms with Crippen molar-refractivity contribution >= 4 is 11.7 Å². The van der Waals surface area contributed by atoms with Crippen LogP contribution in [0.25, 0.3) is 0 Å². The normalized spacial score (nSPS) is 56.3. The molecule has 0 aromatic carbocycles. The Labute approximate surface area is 210 Å². The molecule has 0 unspecified atom stereocenters. The van der Waals surface area contributed by atoms with Crippen molar-refractivity contribution in [3.8, 4) is 0 Å². The third kappa shape index (κ3) is 3.34. The maximum atomic E-state index is 11.6. The van der Waals surface area contributed by atoms with E-state index in [1.807, 2.05) is 0 Å². The molecule has 1 spiro atoms. The van der Waals surface area contributed by atoms with E-state index in [0.717, 1.165) is 37.5 Å². The standard InChI is InChI=1S/C29H45NO5/c1-16-12-25(30-32)29(33-15-16)17(2)26-24(35-29)14-23-21-7-6-19-13-20(34-18(3)31)8-10-27(19,4)22(21)9-11-28(23,26)5/h16-17,19-24,26,32H,6-15H2,1-5H3/b30-25-/t16-,17+,19-,20-,21-,22+,23+,24+,26+,27+,28+,29+/m1/s1. The Kier molecular flexibility index (Phi) is 5.66. The summed E-state index contributed by atoms with van der Waals surface area (Å²) in [5.41, 5.74) is 1.32. The van der Waals surface area contributed by atoms with Crippen molar-refractivity contribution < 1.29 is 24.2 Å². The van der Waals surface area contributed by atoms with E-state index < -0.39 is 5.79 Å². The molecule has 2 aliphatic heterocycles. The van der Waals surface area contributed by atoms with Gasteiger partial charge in [-0.2, -0.15) is 0 Å². The average molecular weight is 488 g/mol. The third-order valence-corrected chi connectivity index (χ3v) is 12.1. The Morgan fingerprint density at radius 1 is 1.06 bits per heavy atom. The molecule has 0 aromatic heterocycles. The fourth-order valence-corrected chi connectivity index (χ4v) is 10.7. The molecule has 4 saturated carbocycles. The van der Waals surface area contributed by atoms with E-state index in [-0.39, 0.29) is 29.5 Å². The molecule has 6 fully saturated rings. The number of esters is 1. The highest BCUT2D eigenvalue weighted by atomic mass is 16.7. The van der Waals surface area contributed by atoms with E-state index in [1.165, 1.54) is 32.1 Å². The van der Waals surface area contributed by atoms with Gasteiger partial charge in [0.05, 0.1) is 12.7 Å². The Bertz CT molecular complexity index is 906. The number of oxime groups is 1. The van der Waals surface area contributed by atoms with Crippen LogP contribution in [-0.2, 0) is 19.0 Å². The minimum absolute atomic E-state index is 0.118. The highest BCUT2D eigenvalue weighted by Gasteiger charge is 2.70. The SMILES string of the molecule is CC(=O)O[C@@H]1CC[C@@]2(C)[C@H](CC[C@@H]3[C@@H]2CC[C@]2(C)[C@@H]4[C@H](C[C@@H]32)O[C@@]2(OC[C@H](C)C/C2=N/O)[C@H]4C)C1. The smallest absolute Gasteiger partial charge is 0.302 e. The zero-order valence-corrected chi connectivity index (χ0v) is 22.3. The fourth-order valence-electron chi connectivity index (χ4n) is 10.7. The fraction of sp³-hybridized carbons (Fsp3) is 0.931. The van der Waals surface area contributed by atoms with Gasteiger partial charge in [0.1, 0.15) is 11.8 Å². The molecule has 4 aliphatic carbocycles. The van der Waals surface area contributed by atoms with Gasteiger partial charge < -0.3 is 19.4 Å². The lowest BCUT2D eigenvalue weighted by Gasteiger charge is -2.61. The van der Waals surface area contributed by atoms with Gasteiger partial charge in [-0.3, -0.25) is 4.79 Å². The first-order chi connectivity index (χ1) is 16.6. The second-order valence-electron chi connectivity index (χ2n) is 13.7. The lowest BCUT2D eigenvalue weighted by atomic mass is 9.44. The molecule has 6 nitrogen and oxygen atoms in total. The maximum Gasteiger partial charge on any atom is 0.302 e. The summed E-state index contributed by atoms with van der Waals surface area (Å²) in [4.78, 5) is 11.6. The van der Waals surface area contributed by atoms with Crippen LogP contribution in [0.15, 0.2) is 5.16 Å². The highest BCUT2D eigenvalue weighted by molar-refractivity contribution is 5.92. The van der Waals surface area contributed by atoms with Crippen LogP contribution in [-0.4, -0.2) is 41.5 Å². The van der Waals surface area contributed by atoms with Gasteiger partial charge in [0.2, 0.25) is 5.79 Å². The van der Waals surface area contributed by atoms with Gasteiger partial charge in [-0.1, -0.05) is 32.9 Å². The van der Waals surface area contributed by atoms with Crippen LogP contribution in [0, 0.1) is 52.3 Å². The summed E-state index contributed by atoms with van der Waals surface area (Å²) in [6, 6.07) is 0. The van der Waals surface area contributed by atoms with E-state index in [2.05, 4.69) is 32.9 Å².